The lowest BCUT2D eigenvalue weighted by Gasteiger charge is -2.09. The third kappa shape index (κ3) is 3.83. The molecule has 2 N–H and O–H groups in total. The Labute approximate surface area is 116 Å². The predicted molar refractivity (Wildman–Crippen MR) is 74.5 cm³/mol. The lowest BCUT2D eigenvalue weighted by Crippen LogP contribution is -2.01. The highest BCUT2D eigenvalue weighted by Crippen LogP contribution is 2.25. The number of aromatic nitrogens is 2. The van der Waals surface area contributed by atoms with E-state index in [9.17, 15) is 5.11 Å². The van der Waals surface area contributed by atoms with Gasteiger partial charge in [0.25, 0.3) is 0 Å². The number of hydrogen-bond acceptors (Lipinski definition) is 5. The zero-order valence-corrected chi connectivity index (χ0v) is 11.4. The number of halogens is 1. The maximum atomic E-state index is 9.77. The second-order valence-electron chi connectivity index (χ2n) is 3.67. The highest BCUT2D eigenvalue weighted by atomic mass is 35.5. The zero-order chi connectivity index (χ0) is 14.4. The molecule has 1 rings (SSSR count). The van der Waals surface area contributed by atoms with Crippen molar-refractivity contribution in [2.75, 3.05) is 5.32 Å². The van der Waals surface area contributed by atoms with Gasteiger partial charge in [-0.25, -0.2) is 9.97 Å². The molecule has 0 atom stereocenters. The molecule has 0 aromatic carbocycles. The number of hydrogen-bond donors (Lipinski definition) is 2. The van der Waals surface area contributed by atoms with Crippen LogP contribution in [-0.4, -0.2) is 15.1 Å². The molecule has 0 spiro atoms. The maximum Gasteiger partial charge on any atom is 0.180 e. The predicted octanol–water partition coefficient (Wildman–Crippen LogP) is 3.01. The summed E-state index contributed by atoms with van der Waals surface area (Å²) >= 11 is 6.04. The van der Waals surface area contributed by atoms with E-state index in [0.29, 0.717) is 22.0 Å². The van der Waals surface area contributed by atoms with E-state index in [2.05, 4.69) is 21.9 Å². The fourth-order valence-corrected chi connectivity index (χ4v) is 1.34. The average molecular weight is 277 g/mol. The summed E-state index contributed by atoms with van der Waals surface area (Å²) in [4.78, 5) is 7.76. The van der Waals surface area contributed by atoms with Crippen LogP contribution >= 0.6 is 11.6 Å². The van der Waals surface area contributed by atoms with Crippen LogP contribution in [0.2, 0.25) is 0 Å². The normalized spacial score (nSPS) is 12.4. The Morgan fingerprint density at radius 3 is 2.84 bits per heavy atom. The van der Waals surface area contributed by atoms with Crippen LogP contribution in [-0.2, 0) is 0 Å². The van der Waals surface area contributed by atoms with Crippen molar-refractivity contribution in [1.29, 1.82) is 5.26 Å². The van der Waals surface area contributed by atoms with Crippen LogP contribution in [0.5, 0.6) is 5.75 Å². The zero-order valence-electron chi connectivity index (χ0n) is 10.6. The van der Waals surface area contributed by atoms with Gasteiger partial charge in [0.1, 0.15) is 6.33 Å². The molecule has 1 aromatic heterocycles. The molecule has 0 aliphatic heterocycles. The molecule has 5 nitrogen and oxygen atoms in total. The van der Waals surface area contributed by atoms with Crippen molar-refractivity contribution in [2.24, 2.45) is 0 Å². The smallest absolute Gasteiger partial charge is 0.180 e. The fraction of sp³-hybridized carbons (Fsp3) is 0.154. The van der Waals surface area contributed by atoms with Gasteiger partial charge in [0.05, 0.1) is 22.4 Å². The molecule has 0 saturated carbocycles. The van der Waals surface area contributed by atoms with Crippen molar-refractivity contribution in [3.8, 4) is 11.8 Å². The third-order valence-corrected chi connectivity index (χ3v) is 2.69. The fourth-order valence-electron chi connectivity index (χ4n) is 1.18. The van der Waals surface area contributed by atoms with Gasteiger partial charge in [0, 0.05) is 5.70 Å². The molecule has 98 valence electrons. The van der Waals surface area contributed by atoms with Gasteiger partial charge in [-0.15, -0.1) is 0 Å². The number of allylic oxidation sites excluding steroid dienone is 5. The van der Waals surface area contributed by atoms with E-state index in [4.69, 9.17) is 16.9 Å². The molecular formula is C13H13ClN4O. The molecule has 0 saturated heterocycles. The molecule has 0 amide bonds. The summed E-state index contributed by atoms with van der Waals surface area (Å²) in [5.41, 5.74) is 1.35. The lowest BCUT2D eigenvalue weighted by atomic mass is 10.2. The molecule has 0 unspecified atom stereocenters. The summed E-state index contributed by atoms with van der Waals surface area (Å²) in [5, 5.41) is 21.7. The van der Waals surface area contributed by atoms with Crippen molar-refractivity contribution in [3.05, 3.63) is 47.1 Å². The van der Waals surface area contributed by atoms with Crippen LogP contribution in [0.3, 0.4) is 0 Å². The first kappa shape index (κ1) is 14.7. The van der Waals surface area contributed by atoms with E-state index in [0.717, 1.165) is 0 Å². The number of nitrogens with one attached hydrogen (secondary N) is 1. The van der Waals surface area contributed by atoms with Gasteiger partial charge in [-0.3, -0.25) is 0 Å². The van der Waals surface area contributed by atoms with Crippen LogP contribution in [0.15, 0.2) is 41.4 Å². The first-order valence-corrected chi connectivity index (χ1v) is 5.75. The summed E-state index contributed by atoms with van der Waals surface area (Å²) in [6.07, 6.45) is 4.21. The Balaban J connectivity index is 3.05. The Bertz CT molecular complexity index is 599. The SMILES string of the molecule is C=C/C(C#N)=C\C(Cl)=C(/C)Nc1ncnc(C)c1O. The van der Waals surface area contributed by atoms with E-state index in [1.807, 2.05) is 6.07 Å². The van der Waals surface area contributed by atoms with Crippen LogP contribution in [0, 0.1) is 18.3 Å². The number of aromatic hydroxyl groups is 1. The van der Waals surface area contributed by atoms with E-state index >= 15 is 0 Å². The van der Waals surface area contributed by atoms with E-state index in [-0.39, 0.29) is 11.6 Å². The number of rotatable bonds is 4. The van der Waals surface area contributed by atoms with Crippen LogP contribution in [0.4, 0.5) is 5.82 Å². The minimum absolute atomic E-state index is 0.0421. The van der Waals surface area contributed by atoms with Crippen molar-refractivity contribution in [2.45, 2.75) is 13.8 Å². The van der Waals surface area contributed by atoms with E-state index in [1.54, 1.807) is 13.8 Å². The molecular weight excluding hydrogens is 264 g/mol. The van der Waals surface area contributed by atoms with Gasteiger partial charge in [-0.05, 0) is 19.9 Å². The first-order valence-electron chi connectivity index (χ1n) is 5.37. The average Bonchev–Trinajstić information content (AvgIpc) is 2.40. The third-order valence-electron chi connectivity index (χ3n) is 2.30. The van der Waals surface area contributed by atoms with Gasteiger partial charge < -0.3 is 10.4 Å². The van der Waals surface area contributed by atoms with Crippen LogP contribution < -0.4 is 5.32 Å². The Kier molecular flexibility index (Phi) is 5.10. The standard InChI is InChI=1S/C13H13ClN4O/c1-4-10(6-15)5-11(14)8(2)18-13-12(19)9(3)16-7-17-13/h4-5,7,19H,1H2,2-3H3,(H,16,17,18)/b10-5+,11-8-. The van der Waals surface area contributed by atoms with Crippen molar-refractivity contribution in [3.63, 3.8) is 0 Å². The molecule has 1 aromatic rings. The summed E-state index contributed by atoms with van der Waals surface area (Å²) in [6, 6.07) is 1.94. The second kappa shape index (κ2) is 6.57. The minimum atomic E-state index is -0.0421. The second-order valence-corrected chi connectivity index (χ2v) is 4.08. The molecule has 6 heteroatoms. The molecule has 0 bridgehead atoms. The maximum absolute atomic E-state index is 9.77. The van der Waals surface area contributed by atoms with Crippen LogP contribution in [0.25, 0.3) is 0 Å². The number of nitriles is 1. The van der Waals surface area contributed by atoms with Gasteiger partial charge in [0.2, 0.25) is 0 Å². The Hall–Kier alpha value is -2.32. The number of anilines is 1. The lowest BCUT2D eigenvalue weighted by molar-refractivity contribution is 0.467. The Morgan fingerprint density at radius 2 is 2.26 bits per heavy atom. The quantitative estimate of drug-likeness (QED) is 0.652. The van der Waals surface area contributed by atoms with Crippen molar-refractivity contribution in [1.82, 2.24) is 9.97 Å². The molecule has 0 fully saturated rings. The molecule has 0 radical (unpaired) electrons. The first-order chi connectivity index (χ1) is 8.99. The van der Waals surface area contributed by atoms with Gasteiger partial charge >= 0.3 is 0 Å². The molecule has 0 aliphatic carbocycles. The van der Waals surface area contributed by atoms with Gasteiger partial charge in [0.15, 0.2) is 11.6 Å². The van der Waals surface area contributed by atoms with Crippen molar-refractivity contribution >= 4 is 17.4 Å². The highest BCUT2D eigenvalue weighted by molar-refractivity contribution is 6.31. The molecule has 0 aliphatic rings. The van der Waals surface area contributed by atoms with Crippen LogP contribution in [0.1, 0.15) is 12.6 Å². The summed E-state index contributed by atoms with van der Waals surface area (Å²) < 4.78 is 0. The van der Waals surface area contributed by atoms with E-state index in [1.165, 1.54) is 18.5 Å². The summed E-state index contributed by atoms with van der Waals surface area (Å²) in [5.74, 6) is 0.216. The van der Waals surface area contributed by atoms with Crippen molar-refractivity contribution < 1.29 is 5.11 Å². The number of nitrogens with zero attached hydrogens (tertiary/aromatic N) is 3. The van der Waals surface area contributed by atoms with Gasteiger partial charge in [-0.2, -0.15) is 5.26 Å². The molecule has 1 heterocycles. The highest BCUT2D eigenvalue weighted by Gasteiger charge is 2.07. The van der Waals surface area contributed by atoms with Gasteiger partial charge in [-0.1, -0.05) is 24.3 Å². The number of aryl methyl sites for hydroxylation is 1. The topological polar surface area (TPSA) is 81.8 Å². The van der Waals surface area contributed by atoms with E-state index < -0.39 is 0 Å². The summed E-state index contributed by atoms with van der Waals surface area (Å²) in [7, 11) is 0. The minimum Gasteiger partial charge on any atom is -0.503 e. The molecule has 19 heavy (non-hydrogen) atoms. The summed E-state index contributed by atoms with van der Waals surface area (Å²) in [6.45, 7) is 6.86. The largest absolute Gasteiger partial charge is 0.503 e. The monoisotopic (exact) mass is 276 g/mol. The Morgan fingerprint density at radius 1 is 1.58 bits per heavy atom.